The number of nitrogens with one attached hydrogen (secondary N) is 1. The van der Waals surface area contributed by atoms with E-state index in [1.54, 1.807) is 0 Å². The molecule has 0 aromatic heterocycles. The Kier molecular flexibility index (Phi) is 4.92. The first-order chi connectivity index (χ1) is 8.56. The Morgan fingerprint density at radius 1 is 1.22 bits per heavy atom. The zero-order valence-corrected chi connectivity index (χ0v) is 14.3. The molecule has 0 saturated heterocycles. The largest absolute Gasteiger partial charge is 0.381 e. The highest BCUT2D eigenvalue weighted by molar-refractivity contribution is 14.1. The SMILES string of the molecule is Cc1ccc(NCc2ccc(Cl)cc2Br)cc1I. The second-order valence-electron chi connectivity index (χ2n) is 4.05. The first kappa shape index (κ1) is 14.2. The minimum Gasteiger partial charge on any atom is -0.381 e. The summed E-state index contributed by atoms with van der Waals surface area (Å²) < 4.78 is 2.30. The standard InChI is InChI=1S/C14H12BrClIN/c1-9-2-5-12(7-14(9)17)18-8-10-3-4-11(16)6-13(10)15/h2-7,18H,8H2,1H3. The van der Waals surface area contributed by atoms with Crippen molar-refractivity contribution in [3.8, 4) is 0 Å². The normalized spacial score (nSPS) is 10.4. The second kappa shape index (κ2) is 6.26. The lowest BCUT2D eigenvalue weighted by molar-refractivity contribution is 1.13. The first-order valence-electron chi connectivity index (χ1n) is 5.50. The van der Waals surface area contributed by atoms with Crippen molar-refractivity contribution in [2.24, 2.45) is 0 Å². The van der Waals surface area contributed by atoms with E-state index < -0.39 is 0 Å². The molecule has 0 bridgehead atoms. The van der Waals surface area contributed by atoms with Crippen molar-refractivity contribution in [3.05, 3.63) is 60.6 Å². The van der Waals surface area contributed by atoms with Crippen molar-refractivity contribution in [1.82, 2.24) is 0 Å². The number of rotatable bonds is 3. The molecule has 0 spiro atoms. The van der Waals surface area contributed by atoms with Gasteiger partial charge < -0.3 is 5.32 Å². The number of halogens is 3. The molecular formula is C14H12BrClIN. The molecule has 2 rings (SSSR count). The molecule has 0 aliphatic rings. The van der Waals surface area contributed by atoms with E-state index in [1.165, 1.54) is 14.7 Å². The molecule has 1 N–H and O–H groups in total. The minimum absolute atomic E-state index is 0.746. The zero-order chi connectivity index (χ0) is 13.1. The fourth-order valence-electron chi connectivity index (χ4n) is 1.57. The molecule has 1 nitrogen and oxygen atoms in total. The van der Waals surface area contributed by atoms with Gasteiger partial charge in [0, 0.05) is 25.3 Å². The zero-order valence-electron chi connectivity index (χ0n) is 9.81. The van der Waals surface area contributed by atoms with Gasteiger partial charge in [-0.15, -0.1) is 0 Å². The van der Waals surface area contributed by atoms with Gasteiger partial charge in [-0.1, -0.05) is 39.7 Å². The third-order valence-electron chi connectivity index (χ3n) is 2.67. The molecule has 0 fully saturated rings. The van der Waals surface area contributed by atoms with Crippen molar-refractivity contribution in [2.45, 2.75) is 13.5 Å². The van der Waals surface area contributed by atoms with E-state index in [0.29, 0.717) is 0 Å². The van der Waals surface area contributed by atoms with Gasteiger partial charge in [0.15, 0.2) is 0 Å². The van der Waals surface area contributed by atoms with Crippen molar-refractivity contribution >= 4 is 55.8 Å². The van der Waals surface area contributed by atoms with Crippen molar-refractivity contribution in [3.63, 3.8) is 0 Å². The molecule has 2 aromatic rings. The van der Waals surface area contributed by atoms with Crippen LogP contribution in [0.25, 0.3) is 0 Å². The van der Waals surface area contributed by atoms with Gasteiger partial charge in [0.2, 0.25) is 0 Å². The van der Waals surface area contributed by atoms with Gasteiger partial charge in [-0.05, 0) is 64.9 Å². The number of aryl methyl sites for hydroxylation is 1. The summed E-state index contributed by atoms with van der Waals surface area (Å²) in [6, 6.07) is 12.2. The Labute approximate surface area is 134 Å². The summed E-state index contributed by atoms with van der Waals surface area (Å²) in [6.07, 6.45) is 0. The third-order valence-corrected chi connectivity index (χ3v) is 4.81. The van der Waals surface area contributed by atoms with E-state index in [9.17, 15) is 0 Å². The molecule has 0 amide bonds. The fraction of sp³-hybridized carbons (Fsp3) is 0.143. The van der Waals surface area contributed by atoms with Gasteiger partial charge in [0.1, 0.15) is 0 Å². The van der Waals surface area contributed by atoms with Gasteiger partial charge in [-0.2, -0.15) is 0 Å². The highest BCUT2D eigenvalue weighted by atomic mass is 127. The molecule has 0 atom stereocenters. The number of hydrogen-bond donors (Lipinski definition) is 1. The van der Waals surface area contributed by atoms with E-state index in [1.807, 2.05) is 18.2 Å². The average molecular weight is 437 g/mol. The van der Waals surface area contributed by atoms with Gasteiger partial charge in [-0.25, -0.2) is 0 Å². The van der Waals surface area contributed by atoms with Gasteiger partial charge in [0.25, 0.3) is 0 Å². The molecule has 4 heteroatoms. The van der Waals surface area contributed by atoms with Crippen LogP contribution in [0.4, 0.5) is 5.69 Å². The second-order valence-corrected chi connectivity index (χ2v) is 6.51. The molecule has 2 aromatic carbocycles. The van der Waals surface area contributed by atoms with E-state index in [4.69, 9.17) is 11.6 Å². The lowest BCUT2D eigenvalue weighted by Gasteiger charge is -2.10. The number of anilines is 1. The number of benzene rings is 2. The van der Waals surface area contributed by atoms with Crippen molar-refractivity contribution in [1.29, 1.82) is 0 Å². The first-order valence-corrected chi connectivity index (χ1v) is 7.75. The Balaban J connectivity index is 2.09. The molecule has 18 heavy (non-hydrogen) atoms. The molecule has 94 valence electrons. The maximum atomic E-state index is 5.92. The summed E-state index contributed by atoms with van der Waals surface area (Å²) in [5.41, 5.74) is 3.62. The molecule has 0 radical (unpaired) electrons. The molecule has 0 unspecified atom stereocenters. The van der Waals surface area contributed by atoms with Crippen LogP contribution in [0.5, 0.6) is 0 Å². The summed E-state index contributed by atoms with van der Waals surface area (Å²) in [5, 5.41) is 4.16. The highest BCUT2D eigenvalue weighted by Crippen LogP contribution is 2.23. The highest BCUT2D eigenvalue weighted by Gasteiger charge is 2.02. The van der Waals surface area contributed by atoms with Gasteiger partial charge in [0.05, 0.1) is 0 Å². The topological polar surface area (TPSA) is 12.0 Å². The lowest BCUT2D eigenvalue weighted by atomic mass is 10.2. The Morgan fingerprint density at radius 2 is 2.00 bits per heavy atom. The summed E-state index contributed by atoms with van der Waals surface area (Å²) in [7, 11) is 0. The lowest BCUT2D eigenvalue weighted by Crippen LogP contribution is -2.00. The van der Waals surface area contributed by atoms with Crippen LogP contribution in [0.2, 0.25) is 5.02 Å². The van der Waals surface area contributed by atoms with E-state index >= 15 is 0 Å². The maximum Gasteiger partial charge on any atom is 0.0417 e. The predicted octanol–water partition coefficient (Wildman–Crippen LogP) is 5.63. The monoisotopic (exact) mass is 435 g/mol. The van der Waals surface area contributed by atoms with Crippen LogP contribution in [0, 0.1) is 10.5 Å². The minimum atomic E-state index is 0.746. The van der Waals surface area contributed by atoms with E-state index in [0.717, 1.165) is 21.7 Å². The predicted molar refractivity (Wildman–Crippen MR) is 90.4 cm³/mol. The molecular weight excluding hydrogens is 424 g/mol. The maximum absolute atomic E-state index is 5.92. The summed E-state index contributed by atoms with van der Waals surface area (Å²) >= 11 is 11.8. The summed E-state index contributed by atoms with van der Waals surface area (Å²) in [6.45, 7) is 2.89. The van der Waals surface area contributed by atoms with Crippen molar-refractivity contribution < 1.29 is 0 Å². The van der Waals surface area contributed by atoms with Crippen LogP contribution in [0.1, 0.15) is 11.1 Å². The van der Waals surface area contributed by atoms with Crippen LogP contribution in [0.3, 0.4) is 0 Å². The van der Waals surface area contributed by atoms with E-state index in [2.05, 4.69) is 69.0 Å². The Bertz CT molecular complexity index is 572. The fourth-order valence-corrected chi connectivity index (χ4v) is 2.90. The third kappa shape index (κ3) is 3.62. The Morgan fingerprint density at radius 3 is 2.67 bits per heavy atom. The summed E-state index contributed by atoms with van der Waals surface area (Å²) in [4.78, 5) is 0. The van der Waals surface area contributed by atoms with Crippen molar-refractivity contribution in [2.75, 3.05) is 5.32 Å². The molecule has 0 saturated carbocycles. The number of hydrogen-bond acceptors (Lipinski definition) is 1. The summed E-state index contributed by atoms with van der Waals surface area (Å²) in [5.74, 6) is 0. The molecule has 0 heterocycles. The van der Waals surface area contributed by atoms with E-state index in [-0.39, 0.29) is 0 Å². The van der Waals surface area contributed by atoms with Crippen LogP contribution >= 0.6 is 50.1 Å². The van der Waals surface area contributed by atoms with Crippen LogP contribution in [0.15, 0.2) is 40.9 Å². The molecule has 0 aliphatic heterocycles. The van der Waals surface area contributed by atoms with Crippen LogP contribution in [-0.2, 0) is 6.54 Å². The van der Waals surface area contributed by atoms with Crippen LogP contribution in [-0.4, -0.2) is 0 Å². The average Bonchev–Trinajstić information content (AvgIpc) is 2.32. The smallest absolute Gasteiger partial charge is 0.0417 e. The van der Waals surface area contributed by atoms with Crippen LogP contribution < -0.4 is 5.32 Å². The van der Waals surface area contributed by atoms with Gasteiger partial charge in [-0.3, -0.25) is 0 Å². The molecule has 0 aliphatic carbocycles. The Hall–Kier alpha value is -0.260. The quantitative estimate of drug-likeness (QED) is 0.615. The van der Waals surface area contributed by atoms with Gasteiger partial charge >= 0.3 is 0 Å².